The van der Waals surface area contributed by atoms with Gasteiger partial charge in [0.15, 0.2) is 0 Å². The second-order valence-corrected chi connectivity index (χ2v) is 10.0. The number of likely N-dealkylation sites (N-methyl/N-ethyl adjacent to an activating group) is 1. The third-order valence-corrected chi connectivity index (χ3v) is 7.83. The Morgan fingerprint density at radius 3 is 2.48 bits per heavy atom. The van der Waals surface area contributed by atoms with Crippen molar-refractivity contribution in [2.45, 2.75) is 42.7 Å². The fraction of sp³-hybridized carbons (Fsp3) is 0.600. The number of carbonyl (C=O) groups is 2. The SMILES string of the molecule is CN(C)C(=O)CN1[C@H]2CCN(C(=O)C3CC3)CC[C@@H]2Oc2ccccc2S1(=O)=O. The Hall–Kier alpha value is -2.13. The van der Waals surface area contributed by atoms with Crippen LogP contribution in [0.4, 0.5) is 0 Å². The van der Waals surface area contributed by atoms with Crippen molar-refractivity contribution in [3.63, 3.8) is 0 Å². The molecule has 4 rings (SSSR count). The number of hydrogen-bond donors (Lipinski definition) is 0. The number of fused-ring (bicyclic) bond motifs is 2. The summed E-state index contributed by atoms with van der Waals surface area (Å²) in [6.07, 6.45) is 2.42. The molecular formula is C20H27N3O5S. The second-order valence-electron chi connectivity index (χ2n) is 8.19. The van der Waals surface area contributed by atoms with Crippen molar-refractivity contribution in [1.29, 1.82) is 0 Å². The zero-order valence-corrected chi connectivity index (χ0v) is 17.6. The molecule has 158 valence electrons. The summed E-state index contributed by atoms with van der Waals surface area (Å²) >= 11 is 0. The highest BCUT2D eigenvalue weighted by Gasteiger charge is 2.45. The molecule has 2 fully saturated rings. The molecule has 0 bridgehead atoms. The highest BCUT2D eigenvalue weighted by atomic mass is 32.2. The minimum Gasteiger partial charge on any atom is -0.487 e. The van der Waals surface area contributed by atoms with E-state index >= 15 is 0 Å². The van der Waals surface area contributed by atoms with Crippen molar-refractivity contribution < 1.29 is 22.7 Å². The van der Waals surface area contributed by atoms with Crippen LogP contribution in [-0.4, -0.2) is 80.2 Å². The Kier molecular flexibility index (Phi) is 5.29. The van der Waals surface area contributed by atoms with Crippen LogP contribution in [0, 0.1) is 5.92 Å². The van der Waals surface area contributed by atoms with E-state index in [0.29, 0.717) is 31.7 Å². The first-order valence-corrected chi connectivity index (χ1v) is 11.5. The molecule has 1 aliphatic carbocycles. The molecule has 0 N–H and O–H groups in total. The van der Waals surface area contributed by atoms with Gasteiger partial charge in [-0.25, -0.2) is 8.42 Å². The average Bonchev–Trinajstić information content (AvgIpc) is 3.53. The first-order valence-electron chi connectivity index (χ1n) is 10.1. The topological polar surface area (TPSA) is 87.2 Å². The van der Waals surface area contributed by atoms with Gasteiger partial charge in [-0.15, -0.1) is 0 Å². The Labute approximate surface area is 171 Å². The standard InChI is InChI=1S/C20H27N3O5S/c1-21(2)19(24)13-23-15-9-11-22(20(25)14-7-8-14)12-10-16(15)28-17-5-3-4-6-18(17)29(23,26)27/h3-6,14-16H,7-13H2,1-2H3/t15-,16-/m0/s1. The van der Waals surface area contributed by atoms with Crippen LogP contribution >= 0.6 is 0 Å². The quantitative estimate of drug-likeness (QED) is 0.725. The highest BCUT2D eigenvalue weighted by Crippen LogP contribution is 2.37. The molecular weight excluding hydrogens is 394 g/mol. The van der Waals surface area contributed by atoms with Crippen LogP contribution < -0.4 is 4.74 Å². The van der Waals surface area contributed by atoms with Crippen LogP contribution in [0.1, 0.15) is 25.7 Å². The minimum absolute atomic E-state index is 0.0885. The lowest BCUT2D eigenvalue weighted by atomic mass is 10.1. The Morgan fingerprint density at radius 2 is 1.79 bits per heavy atom. The largest absolute Gasteiger partial charge is 0.487 e. The predicted octanol–water partition coefficient (Wildman–Crippen LogP) is 0.928. The molecule has 1 saturated carbocycles. The Morgan fingerprint density at radius 1 is 1.10 bits per heavy atom. The van der Waals surface area contributed by atoms with Gasteiger partial charge >= 0.3 is 0 Å². The molecule has 0 radical (unpaired) electrons. The molecule has 3 aliphatic rings. The highest BCUT2D eigenvalue weighted by molar-refractivity contribution is 7.89. The second kappa shape index (κ2) is 7.60. The van der Waals surface area contributed by atoms with Crippen molar-refractivity contribution in [2.75, 3.05) is 33.7 Å². The predicted molar refractivity (Wildman–Crippen MR) is 106 cm³/mol. The zero-order chi connectivity index (χ0) is 20.8. The fourth-order valence-corrected chi connectivity index (χ4v) is 5.79. The lowest BCUT2D eigenvalue weighted by molar-refractivity contribution is -0.132. The third-order valence-electron chi connectivity index (χ3n) is 5.92. The normalized spacial score (nSPS) is 26.3. The number of ether oxygens (including phenoxy) is 1. The summed E-state index contributed by atoms with van der Waals surface area (Å²) in [4.78, 5) is 28.3. The van der Waals surface area contributed by atoms with Crippen LogP contribution in [0.15, 0.2) is 29.2 Å². The number of amides is 2. The lowest BCUT2D eigenvalue weighted by Crippen LogP contribution is -2.50. The number of likely N-dealkylation sites (tertiary alicyclic amines) is 1. The Bertz CT molecular complexity index is 912. The molecule has 0 aromatic heterocycles. The first-order chi connectivity index (χ1) is 13.8. The number of carbonyl (C=O) groups excluding carboxylic acids is 2. The molecule has 0 spiro atoms. The van der Waals surface area contributed by atoms with Gasteiger partial charge in [0.25, 0.3) is 0 Å². The molecule has 1 saturated heterocycles. The van der Waals surface area contributed by atoms with Gasteiger partial charge in [0.05, 0.1) is 12.6 Å². The number of nitrogens with zero attached hydrogens (tertiary/aromatic N) is 3. The minimum atomic E-state index is -3.92. The van der Waals surface area contributed by atoms with E-state index in [2.05, 4.69) is 0 Å². The third kappa shape index (κ3) is 3.85. The maximum absolute atomic E-state index is 13.5. The molecule has 0 unspecified atom stereocenters. The molecule has 2 amide bonds. The van der Waals surface area contributed by atoms with Gasteiger partial charge in [-0.05, 0) is 31.4 Å². The van der Waals surface area contributed by atoms with E-state index in [-0.39, 0.29) is 29.2 Å². The number of sulfonamides is 1. The molecule has 9 heteroatoms. The molecule has 1 aromatic carbocycles. The van der Waals surface area contributed by atoms with Crippen molar-refractivity contribution in [1.82, 2.24) is 14.1 Å². The van der Waals surface area contributed by atoms with Crippen molar-refractivity contribution in [3.8, 4) is 5.75 Å². The summed E-state index contributed by atoms with van der Waals surface area (Å²) in [6, 6.07) is 6.06. The monoisotopic (exact) mass is 421 g/mol. The summed E-state index contributed by atoms with van der Waals surface area (Å²) in [5.74, 6) is 0.293. The molecule has 29 heavy (non-hydrogen) atoms. The van der Waals surface area contributed by atoms with Crippen LogP contribution in [0.5, 0.6) is 5.75 Å². The average molecular weight is 422 g/mol. The number of hydrogen-bond acceptors (Lipinski definition) is 5. The van der Waals surface area contributed by atoms with E-state index in [1.807, 2.05) is 4.90 Å². The van der Waals surface area contributed by atoms with E-state index < -0.39 is 22.2 Å². The van der Waals surface area contributed by atoms with Crippen molar-refractivity contribution >= 4 is 21.8 Å². The molecule has 2 aliphatic heterocycles. The molecule has 1 aromatic rings. The number of benzene rings is 1. The first kappa shape index (κ1) is 20.2. The van der Waals surface area contributed by atoms with Gasteiger partial charge in [0.1, 0.15) is 16.7 Å². The number of rotatable bonds is 3. The van der Waals surface area contributed by atoms with Gasteiger partial charge in [-0.2, -0.15) is 4.31 Å². The zero-order valence-electron chi connectivity index (χ0n) is 16.8. The summed E-state index contributed by atoms with van der Waals surface area (Å²) in [7, 11) is -0.701. The summed E-state index contributed by atoms with van der Waals surface area (Å²) in [5, 5.41) is 0. The smallest absolute Gasteiger partial charge is 0.247 e. The molecule has 2 atom stereocenters. The van der Waals surface area contributed by atoms with Gasteiger partial charge in [0, 0.05) is 39.5 Å². The maximum Gasteiger partial charge on any atom is 0.247 e. The van der Waals surface area contributed by atoms with E-state index in [9.17, 15) is 18.0 Å². The van der Waals surface area contributed by atoms with E-state index in [0.717, 1.165) is 12.8 Å². The summed E-state index contributed by atoms with van der Waals surface area (Å²) < 4.78 is 34.4. The Balaban J connectivity index is 1.69. The van der Waals surface area contributed by atoms with Crippen LogP contribution in [0.3, 0.4) is 0 Å². The summed E-state index contributed by atoms with van der Waals surface area (Å²) in [5.41, 5.74) is 0. The van der Waals surface area contributed by atoms with Gasteiger partial charge in [-0.1, -0.05) is 12.1 Å². The molecule has 2 heterocycles. The number of para-hydroxylation sites is 1. The van der Waals surface area contributed by atoms with Gasteiger partial charge in [-0.3, -0.25) is 9.59 Å². The van der Waals surface area contributed by atoms with Crippen LogP contribution in [0.25, 0.3) is 0 Å². The van der Waals surface area contributed by atoms with Crippen LogP contribution in [0.2, 0.25) is 0 Å². The van der Waals surface area contributed by atoms with Crippen LogP contribution in [-0.2, 0) is 19.6 Å². The fourth-order valence-electron chi connectivity index (χ4n) is 4.04. The van der Waals surface area contributed by atoms with Gasteiger partial charge in [0.2, 0.25) is 21.8 Å². The van der Waals surface area contributed by atoms with Gasteiger partial charge < -0.3 is 14.5 Å². The van der Waals surface area contributed by atoms with E-state index in [1.54, 1.807) is 32.3 Å². The molecule has 8 nitrogen and oxygen atoms in total. The maximum atomic E-state index is 13.5. The van der Waals surface area contributed by atoms with E-state index in [4.69, 9.17) is 4.74 Å². The van der Waals surface area contributed by atoms with Crippen molar-refractivity contribution in [2.24, 2.45) is 5.92 Å². The summed E-state index contributed by atoms with van der Waals surface area (Å²) in [6.45, 7) is 0.761. The van der Waals surface area contributed by atoms with E-state index in [1.165, 1.54) is 15.3 Å². The lowest BCUT2D eigenvalue weighted by Gasteiger charge is -2.31. The van der Waals surface area contributed by atoms with Crippen molar-refractivity contribution in [3.05, 3.63) is 24.3 Å².